The van der Waals surface area contributed by atoms with E-state index in [1.807, 2.05) is 11.8 Å². The van der Waals surface area contributed by atoms with Gasteiger partial charge in [-0.25, -0.2) is 4.98 Å². The Balaban J connectivity index is 1.74. The van der Waals surface area contributed by atoms with E-state index in [0.29, 0.717) is 6.54 Å². The Kier molecular flexibility index (Phi) is 5.22. The summed E-state index contributed by atoms with van der Waals surface area (Å²) >= 11 is 7.66. The first-order valence-electron chi connectivity index (χ1n) is 5.81. The van der Waals surface area contributed by atoms with Crippen LogP contribution in [0.25, 0.3) is 0 Å². The number of amides is 1. The van der Waals surface area contributed by atoms with Gasteiger partial charge in [-0.15, -0.1) is 0 Å². The van der Waals surface area contributed by atoms with Crippen LogP contribution in [0.4, 0.5) is 0 Å². The van der Waals surface area contributed by atoms with E-state index in [9.17, 15) is 4.79 Å². The Bertz CT molecular complexity index is 412. The minimum atomic E-state index is -0.226. The van der Waals surface area contributed by atoms with Crippen LogP contribution in [-0.2, 0) is 0 Å². The minimum Gasteiger partial charge on any atom is -0.349 e. The van der Waals surface area contributed by atoms with Crippen molar-refractivity contribution in [3.8, 4) is 0 Å². The first-order valence-corrected chi connectivity index (χ1v) is 7.35. The van der Waals surface area contributed by atoms with Crippen molar-refractivity contribution in [1.29, 1.82) is 0 Å². The number of nitrogens with zero attached hydrogens (tertiary/aromatic N) is 3. The highest BCUT2D eigenvalue weighted by Crippen LogP contribution is 2.08. The Morgan fingerprint density at radius 2 is 2.22 bits per heavy atom. The maximum Gasteiger partial charge on any atom is 0.271 e. The van der Waals surface area contributed by atoms with Gasteiger partial charge in [0, 0.05) is 37.7 Å². The van der Waals surface area contributed by atoms with E-state index >= 15 is 0 Å². The molecular formula is C11H15ClN4OS. The molecule has 0 bridgehead atoms. The molecule has 0 saturated carbocycles. The number of hydrogen-bond donors (Lipinski definition) is 1. The third-order valence-electron chi connectivity index (χ3n) is 2.66. The predicted octanol–water partition coefficient (Wildman–Crippen LogP) is 0.909. The average Bonchev–Trinajstić information content (AvgIpc) is 2.40. The van der Waals surface area contributed by atoms with Gasteiger partial charge in [-0.2, -0.15) is 11.8 Å². The molecule has 1 aliphatic heterocycles. The van der Waals surface area contributed by atoms with Gasteiger partial charge in [-0.1, -0.05) is 11.6 Å². The van der Waals surface area contributed by atoms with Crippen LogP contribution in [-0.4, -0.2) is 58.5 Å². The maximum absolute atomic E-state index is 11.7. The lowest BCUT2D eigenvalue weighted by Gasteiger charge is -2.25. The summed E-state index contributed by atoms with van der Waals surface area (Å²) in [5, 5.41) is 3.06. The normalized spacial score (nSPS) is 16.5. The molecule has 1 fully saturated rings. The maximum atomic E-state index is 11.7. The largest absolute Gasteiger partial charge is 0.349 e. The molecule has 0 spiro atoms. The van der Waals surface area contributed by atoms with Crippen molar-refractivity contribution < 1.29 is 4.79 Å². The van der Waals surface area contributed by atoms with Crippen molar-refractivity contribution in [2.45, 2.75) is 0 Å². The molecule has 5 nitrogen and oxygen atoms in total. The second kappa shape index (κ2) is 6.92. The third-order valence-corrected chi connectivity index (χ3v) is 3.78. The van der Waals surface area contributed by atoms with Gasteiger partial charge in [0.15, 0.2) is 0 Å². The van der Waals surface area contributed by atoms with Crippen LogP contribution in [0.1, 0.15) is 10.5 Å². The molecule has 0 aromatic carbocycles. The van der Waals surface area contributed by atoms with Crippen molar-refractivity contribution in [2.75, 3.05) is 37.7 Å². The molecule has 0 radical (unpaired) electrons. The Hall–Kier alpha value is -0.850. The summed E-state index contributed by atoms with van der Waals surface area (Å²) < 4.78 is 0. The van der Waals surface area contributed by atoms with E-state index in [4.69, 9.17) is 11.6 Å². The fourth-order valence-corrected chi connectivity index (χ4v) is 2.82. The number of rotatable bonds is 4. The average molecular weight is 287 g/mol. The number of carbonyl (C=O) groups is 1. The molecule has 98 valence electrons. The van der Waals surface area contributed by atoms with E-state index in [-0.39, 0.29) is 16.8 Å². The third kappa shape index (κ3) is 4.12. The fraction of sp³-hybridized carbons (Fsp3) is 0.545. The minimum absolute atomic E-state index is 0.226. The summed E-state index contributed by atoms with van der Waals surface area (Å²) in [5.74, 6) is 2.12. The molecule has 1 aromatic heterocycles. The molecule has 7 heteroatoms. The Morgan fingerprint density at radius 3 is 2.94 bits per heavy atom. The van der Waals surface area contributed by atoms with Crippen molar-refractivity contribution in [3.05, 3.63) is 23.2 Å². The van der Waals surface area contributed by atoms with Crippen LogP contribution in [0.5, 0.6) is 0 Å². The quantitative estimate of drug-likeness (QED) is 0.892. The van der Waals surface area contributed by atoms with Crippen LogP contribution in [0.15, 0.2) is 12.4 Å². The van der Waals surface area contributed by atoms with Crippen molar-refractivity contribution >= 4 is 29.3 Å². The second-order valence-electron chi connectivity index (χ2n) is 3.94. The van der Waals surface area contributed by atoms with Gasteiger partial charge in [-0.3, -0.25) is 14.7 Å². The SMILES string of the molecule is O=C(NCCN1CCSCC1)c1cncc(Cl)n1. The smallest absolute Gasteiger partial charge is 0.271 e. The van der Waals surface area contributed by atoms with E-state index in [0.717, 1.165) is 19.6 Å². The summed E-state index contributed by atoms with van der Waals surface area (Å²) in [7, 11) is 0. The van der Waals surface area contributed by atoms with E-state index in [2.05, 4.69) is 20.2 Å². The lowest BCUT2D eigenvalue weighted by molar-refractivity contribution is 0.0943. The van der Waals surface area contributed by atoms with E-state index in [1.165, 1.54) is 23.9 Å². The van der Waals surface area contributed by atoms with Crippen LogP contribution in [0.2, 0.25) is 5.15 Å². The zero-order chi connectivity index (χ0) is 12.8. The van der Waals surface area contributed by atoms with Crippen molar-refractivity contribution in [2.24, 2.45) is 0 Å². The van der Waals surface area contributed by atoms with Crippen LogP contribution in [0.3, 0.4) is 0 Å². The molecule has 2 rings (SSSR count). The second-order valence-corrected chi connectivity index (χ2v) is 5.55. The highest BCUT2D eigenvalue weighted by atomic mass is 35.5. The monoisotopic (exact) mass is 286 g/mol. The summed E-state index contributed by atoms with van der Waals surface area (Å²) in [6.45, 7) is 3.69. The molecule has 1 aliphatic rings. The van der Waals surface area contributed by atoms with Crippen LogP contribution < -0.4 is 5.32 Å². The van der Waals surface area contributed by atoms with Gasteiger partial charge in [-0.05, 0) is 0 Å². The van der Waals surface area contributed by atoms with Gasteiger partial charge in [0.2, 0.25) is 0 Å². The molecule has 0 aliphatic carbocycles. The Labute approximate surface area is 115 Å². The molecule has 1 N–H and O–H groups in total. The van der Waals surface area contributed by atoms with E-state index in [1.54, 1.807) is 0 Å². The molecular weight excluding hydrogens is 272 g/mol. The molecule has 0 unspecified atom stereocenters. The number of thioether (sulfide) groups is 1. The summed E-state index contributed by atoms with van der Waals surface area (Å²) in [4.78, 5) is 21.8. The molecule has 1 aromatic rings. The van der Waals surface area contributed by atoms with E-state index < -0.39 is 0 Å². The van der Waals surface area contributed by atoms with Gasteiger partial charge in [0.25, 0.3) is 5.91 Å². The van der Waals surface area contributed by atoms with Crippen molar-refractivity contribution in [3.63, 3.8) is 0 Å². The van der Waals surface area contributed by atoms with Crippen molar-refractivity contribution in [1.82, 2.24) is 20.2 Å². The lowest BCUT2D eigenvalue weighted by atomic mass is 10.4. The number of nitrogens with one attached hydrogen (secondary N) is 1. The highest BCUT2D eigenvalue weighted by Gasteiger charge is 2.11. The van der Waals surface area contributed by atoms with Gasteiger partial charge in [0.05, 0.1) is 12.4 Å². The predicted molar refractivity (Wildman–Crippen MR) is 73.1 cm³/mol. The van der Waals surface area contributed by atoms with Crippen LogP contribution in [0, 0.1) is 0 Å². The van der Waals surface area contributed by atoms with Gasteiger partial charge >= 0.3 is 0 Å². The summed E-state index contributed by atoms with van der Waals surface area (Å²) in [6.07, 6.45) is 2.82. The number of hydrogen-bond acceptors (Lipinski definition) is 5. The Morgan fingerprint density at radius 1 is 1.44 bits per heavy atom. The topological polar surface area (TPSA) is 58.1 Å². The number of halogens is 1. The lowest BCUT2D eigenvalue weighted by Crippen LogP contribution is -2.39. The molecule has 1 saturated heterocycles. The molecule has 1 amide bonds. The molecule has 18 heavy (non-hydrogen) atoms. The summed E-state index contributed by atoms with van der Waals surface area (Å²) in [6, 6.07) is 0. The zero-order valence-corrected chi connectivity index (χ0v) is 11.5. The number of carbonyl (C=O) groups excluding carboxylic acids is 1. The van der Waals surface area contributed by atoms with Gasteiger partial charge in [0.1, 0.15) is 10.8 Å². The molecule has 2 heterocycles. The first-order chi connectivity index (χ1) is 8.75. The summed E-state index contributed by atoms with van der Waals surface area (Å²) in [5.41, 5.74) is 0.261. The number of aromatic nitrogens is 2. The molecule has 0 atom stereocenters. The fourth-order valence-electron chi connectivity index (χ4n) is 1.69. The first kappa shape index (κ1) is 13.6. The zero-order valence-electron chi connectivity index (χ0n) is 9.93. The van der Waals surface area contributed by atoms with Gasteiger partial charge < -0.3 is 5.32 Å². The van der Waals surface area contributed by atoms with Crippen LogP contribution >= 0.6 is 23.4 Å². The standard InChI is InChI=1S/C11H15ClN4OS/c12-10-8-13-7-9(15-10)11(17)14-1-2-16-3-5-18-6-4-16/h7-8H,1-6H2,(H,14,17). The highest BCUT2D eigenvalue weighted by molar-refractivity contribution is 7.99.